The van der Waals surface area contributed by atoms with Crippen LogP contribution in [-0.4, -0.2) is 11.2 Å². The Morgan fingerprint density at radius 3 is 3.00 bits per heavy atom. The van der Waals surface area contributed by atoms with Crippen LogP contribution in [0.15, 0.2) is 18.2 Å². The van der Waals surface area contributed by atoms with Crippen LogP contribution in [0.2, 0.25) is 0 Å². The van der Waals surface area contributed by atoms with Crippen molar-refractivity contribution >= 4 is 0 Å². The fraction of sp³-hybridized carbons (Fsp3) is 0.538. The second-order valence-corrected chi connectivity index (χ2v) is 4.62. The van der Waals surface area contributed by atoms with E-state index in [-0.39, 0.29) is 0 Å². The first-order chi connectivity index (χ1) is 7.34. The zero-order valence-electron chi connectivity index (χ0n) is 8.78. The lowest BCUT2D eigenvalue weighted by molar-refractivity contribution is -0.0119. The third-order valence-corrected chi connectivity index (χ3v) is 3.68. The smallest absolute Gasteiger partial charge is 0.115 e. The molecule has 2 nitrogen and oxygen atoms in total. The molecule has 1 aromatic carbocycles. The molecule has 0 bridgehead atoms. The van der Waals surface area contributed by atoms with Gasteiger partial charge in [0.1, 0.15) is 5.75 Å². The Hall–Kier alpha value is -1.02. The van der Waals surface area contributed by atoms with Gasteiger partial charge in [-0.05, 0) is 36.1 Å². The summed E-state index contributed by atoms with van der Waals surface area (Å²) in [5, 5.41) is 9.54. The second kappa shape index (κ2) is 3.53. The van der Waals surface area contributed by atoms with Gasteiger partial charge in [0.2, 0.25) is 0 Å². The highest BCUT2D eigenvalue weighted by Crippen LogP contribution is 2.41. The van der Waals surface area contributed by atoms with Gasteiger partial charge in [0.25, 0.3) is 0 Å². The van der Waals surface area contributed by atoms with Gasteiger partial charge in [-0.3, -0.25) is 0 Å². The molecular weight excluding hydrogens is 188 g/mol. The van der Waals surface area contributed by atoms with Crippen LogP contribution >= 0.6 is 0 Å². The van der Waals surface area contributed by atoms with Crippen molar-refractivity contribution in [1.82, 2.24) is 0 Å². The number of hydrogen-bond donors (Lipinski definition) is 1. The molecule has 1 aromatic rings. The minimum atomic E-state index is 0.389. The van der Waals surface area contributed by atoms with Gasteiger partial charge in [0.05, 0.1) is 12.7 Å². The Kier molecular flexibility index (Phi) is 2.17. The van der Waals surface area contributed by atoms with E-state index in [1.165, 1.54) is 36.8 Å². The van der Waals surface area contributed by atoms with Crippen LogP contribution < -0.4 is 0 Å². The maximum atomic E-state index is 9.54. The monoisotopic (exact) mass is 204 g/mol. The molecule has 1 fully saturated rings. The van der Waals surface area contributed by atoms with Gasteiger partial charge in [-0.1, -0.05) is 18.9 Å². The summed E-state index contributed by atoms with van der Waals surface area (Å²) < 4.78 is 5.87. The molecule has 0 aromatic heterocycles. The first-order valence-electron chi connectivity index (χ1n) is 5.78. The normalized spacial score (nSPS) is 29.3. The molecule has 2 aliphatic rings. The number of ether oxygens (including phenoxy) is 1. The lowest BCUT2D eigenvalue weighted by atomic mass is 9.78. The third-order valence-electron chi connectivity index (χ3n) is 3.68. The van der Waals surface area contributed by atoms with E-state index in [0.717, 1.165) is 6.61 Å². The zero-order chi connectivity index (χ0) is 10.3. The maximum Gasteiger partial charge on any atom is 0.115 e. The van der Waals surface area contributed by atoms with Gasteiger partial charge < -0.3 is 9.84 Å². The first-order valence-corrected chi connectivity index (χ1v) is 5.78. The number of phenols is 1. The molecule has 1 N–H and O–H groups in total. The standard InChI is InChI=1S/C13H16O2/c14-10-6-5-9-8-15-13-4-2-1-3-11(13)12(9)7-10/h5-7,11,13-14H,1-4,8H2. The number of hydrogen-bond acceptors (Lipinski definition) is 2. The van der Waals surface area contributed by atoms with E-state index in [1.54, 1.807) is 6.07 Å². The largest absolute Gasteiger partial charge is 0.508 e. The molecule has 2 heteroatoms. The van der Waals surface area contributed by atoms with Crippen LogP contribution in [0.4, 0.5) is 0 Å². The van der Waals surface area contributed by atoms with E-state index in [9.17, 15) is 5.11 Å². The van der Waals surface area contributed by atoms with Gasteiger partial charge in [0.15, 0.2) is 0 Å². The lowest BCUT2D eigenvalue weighted by Gasteiger charge is -2.37. The molecule has 1 saturated carbocycles. The predicted molar refractivity (Wildman–Crippen MR) is 57.9 cm³/mol. The molecule has 1 aliphatic carbocycles. The van der Waals surface area contributed by atoms with E-state index in [2.05, 4.69) is 0 Å². The van der Waals surface area contributed by atoms with E-state index in [4.69, 9.17) is 4.74 Å². The minimum absolute atomic E-state index is 0.389. The molecule has 2 atom stereocenters. The van der Waals surface area contributed by atoms with Crippen molar-refractivity contribution in [3.63, 3.8) is 0 Å². The molecule has 0 amide bonds. The van der Waals surface area contributed by atoms with Crippen molar-refractivity contribution in [2.75, 3.05) is 0 Å². The SMILES string of the molecule is Oc1ccc2c(c1)C1CCCCC1OC2. The van der Waals surface area contributed by atoms with Crippen molar-refractivity contribution in [3.8, 4) is 5.75 Å². The Balaban J connectivity index is 2.01. The van der Waals surface area contributed by atoms with Gasteiger partial charge in [-0.15, -0.1) is 0 Å². The van der Waals surface area contributed by atoms with Gasteiger partial charge >= 0.3 is 0 Å². The number of rotatable bonds is 0. The molecule has 0 saturated heterocycles. The summed E-state index contributed by atoms with van der Waals surface area (Å²) in [7, 11) is 0. The highest BCUT2D eigenvalue weighted by molar-refractivity contribution is 5.39. The van der Waals surface area contributed by atoms with E-state index >= 15 is 0 Å². The second-order valence-electron chi connectivity index (χ2n) is 4.62. The lowest BCUT2D eigenvalue weighted by Crippen LogP contribution is -2.30. The van der Waals surface area contributed by atoms with E-state index < -0.39 is 0 Å². The minimum Gasteiger partial charge on any atom is -0.508 e. The van der Waals surface area contributed by atoms with Crippen LogP contribution in [0.25, 0.3) is 0 Å². The molecular formula is C13H16O2. The van der Waals surface area contributed by atoms with Gasteiger partial charge in [-0.2, -0.15) is 0 Å². The molecule has 1 heterocycles. The molecule has 15 heavy (non-hydrogen) atoms. The van der Waals surface area contributed by atoms with Crippen molar-refractivity contribution < 1.29 is 9.84 Å². The summed E-state index contributed by atoms with van der Waals surface area (Å²) in [5.74, 6) is 0.912. The molecule has 2 unspecified atom stereocenters. The Bertz CT molecular complexity index is 373. The number of benzene rings is 1. The van der Waals surface area contributed by atoms with E-state index in [0.29, 0.717) is 17.8 Å². The van der Waals surface area contributed by atoms with E-state index in [1.807, 2.05) is 12.1 Å². The predicted octanol–water partition coefficient (Wildman–Crippen LogP) is 2.95. The first kappa shape index (κ1) is 9.22. The summed E-state index contributed by atoms with van der Waals surface area (Å²) in [6.07, 6.45) is 5.36. The fourth-order valence-corrected chi connectivity index (χ4v) is 2.91. The zero-order valence-corrected chi connectivity index (χ0v) is 8.78. The topological polar surface area (TPSA) is 29.5 Å². The summed E-state index contributed by atoms with van der Waals surface area (Å²) in [6.45, 7) is 0.719. The number of phenolic OH excluding ortho intramolecular Hbond substituents is 1. The van der Waals surface area contributed by atoms with Crippen molar-refractivity contribution in [1.29, 1.82) is 0 Å². The van der Waals surface area contributed by atoms with Crippen molar-refractivity contribution in [2.24, 2.45) is 0 Å². The van der Waals surface area contributed by atoms with Crippen LogP contribution in [0.5, 0.6) is 5.75 Å². The van der Waals surface area contributed by atoms with Crippen LogP contribution in [-0.2, 0) is 11.3 Å². The molecule has 3 rings (SSSR count). The highest BCUT2D eigenvalue weighted by atomic mass is 16.5. The molecule has 0 radical (unpaired) electrons. The Morgan fingerprint density at radius 2 is 2.07 bits per heavy atom. The van der Waals surface area contributed by atoms with Crippen LogP contribution in [0.1, 0.15) is 42.7 Å². The average Bonchev–Trinajstić information content (AvgIpc) is 2.29. The molecule has 0 spiro atoms. The summed E-state index contributed by atoms with van der Waals surface area (Å²) >= 11 is 0. The summed E-state index contributed by atoms with van der Waals surface area (Å²) in [5.41, 5.74) is 2.59. The quantitative estimate of drug-likeness (QED) is 0.704. The number of aromatic hydroxyl groups is 1. The summed E-state index contributed by atoms with van der Waals surface area (Å²) in [4.78, 5) is 0. The molecule has 1 aliphatic heterocycles. The Morgan fingerprint density at radius 1 is 1.20 bits per heavy atom. The van der Waals surface area contributed by atoms with Crippen molar-refractivity contribution in [3.05, 3.63) is 29.3 Å². The fourth-order valence-electron chi connectivity index (χ4n) is 2.91. The van der Waals surface area contributed by atoms with Crippen molar-refractivity contribution in [2.45, 2.75) is 44.3 Å². The van der Waals surface area contributed by atoms with Gasteiger partial charge in [-0.25, -0.2) is 0 Å². The molecule has 80 valence electrons. The summed E-state index contributed by atoms with van der Waals surface area (Å²) in [6, 6.07) is 5.68. The highest BCUT2D eigenvalue weighted by Gasteiger charge is 2.32. The third kappa shape index (κ3) is 1.53. The van der Waals surface area contributed by atoms with Crippen LogP contribution in [0.3, 0.4) is 0 Å². The Labute approximate surface area is 89.9 Å². The van der Waals surface area contributed by atoms with Crippen LogP contribution in [0, 0.1) is 0 Å². The number of fused-ring (bicyclic) bond motifs is 3. The average molecular weight is 204 g/mol. The van der Waals surface area contributed by atoms with Gasteiger partial charge in [0, 0.05) is 5.92 Å². The maximum absolute atomic E-state index is 9.54.